The Morgan fingerprint density at radius 2 is 1.71 bits per heavy atom. The van der Waals surface area contributed by atoms with Gasteiger partial charge in [-0.05, 0) is 41.3 Å². The molecule has 3 aromatic rings. The van der Waals surface area contributed by atoms with Crippen molar-refractivity contribution in [3.8, 4) is 5.75 Å². The van der Waals surface area contributed by atoms with E-state index in [0.717, 1.165) is 16.9 Å². The number of rotatable bonds is 11. The standard InChI is InChI=1S/C26H30N4O4S/c1-18(2)20-6-8-21(9-7-20)30(25(33)13-12-23(31)29-26-27-14-15-35-26)17-24(32)28-16-19-4-10-22(34-3)11-5-19/h4-11,14-15,18H,12-13,16-17H2,1-3H3,(H,28,32)(H,27,29,31). The number of ether oxygens (including phenoxy) is 1. The molecule has 3 amide bonds. The summed E-state index contributed by atoms with van der Waals surface area (Å²) in [4.78, 5) is 43.5. The number of hydrogen-bond acceptors (Lipinski definition) is 6. The number of amides is 3. The van der Waals surface area contributed by atoms with Crippen LogP contribution in [0.4, 0.5) is 10.8 Å². The number of nitrogens with one attached hydrogen (secondary N) is 2. The van der Waals surface area contributed by atoms with Gasteiger partial charge in [-0.15, -0.1) is 11.3 Å². The molecule has 35 heavy (non-hydrogen) atoms. The average molecular weight is 495 g/mol. The second-order valence-electron chi connectivity index (χ2n) is 8.24. The van der Waals surface area contributed by atoms with Crippen LogP contribution >= 0.6 is 11.3 Å². The molecule has 0 aliphatic rings. The molecule has 0 bridgehead atoms. The van der Waals surface area contributed by atoms with Gasteiger partial charge in [-0.2, -0.15) is 0 Å². The average Bonchev–Trinajstić information content (AvgIpc) is 3.38. The second kappa shape index (κ2) is 12.7. The molecule has 2 N–H and O–H groups in total. The Morgan fingerprint density at radius 3 is 2.31 bits per heavy atom. The molecule has 9 heteroatoms. The van der Waals surface area contributed by atoms with Gasteiger partial charge >= 0.3 is 0 Å². The highest BCUT2D eigenvalue weighted by molar-refractivity contribution is 7.13. The minimum atomic E-state index is -0.309. The molecule has 0 saturated heterocycles. The first-order valence-corrected chi connectivity index (χ1v) is 12.2. The first-order chi connectivity index (χ1) is 16.9. The number of thiazole rings is 1. The summed E-state index contributed by atoms with van der Waals surface area (Å²) < 4.78 is 5.15. The van der Waals surface area contributed by atoms with Crippen molar-refractivity contribution < 1.29 is 19.1 Å². The minimum Gasteiger partial charge on any atom is -0.497 e. The van der Waals surface area contributed by atoms with E-state index in [0.29, 0.717) is 23.3 Å². The van der Waals surface area contributed by atoms with E-state index in [4.69, 9.17) is 4.74 Å². The third-order valence-electron chi connectivity index (χ3n) is 5.37. The Balaban J connectivity index is 1.64. The lowest BCUT2D eigenvalue weighted by Crippen LogP contribution is -2.41. The predicted molar refractivity (Wildman–Crippen MR) is 138 cm³/mol. The SMILES string of the molecule is COc1ccc(CNC(=O)CN(C(=O)CCC(=O)Nc2nccs2)c2ccc(C(C)C)cc2)cc1. The van der Waals surface area contributed by atoms with E-state index in [1.807, 2.05) is 48.5 Å². The van der Waals surface area contributed by atoms with Crippen LogP contribution in [0.5, 0.6) is 5.75 Å². The molecule has 1 aromatic heterocycles. The third-order valence-corrected chi connectivity index (χ3v) is 6.06. The number of benzene rings is 2. The number of anilines is 2. The monoisotopic (exact) mass is 494 g/mol. The second-order valence-corrected chi connectivity index (χ2v) is 9.13. The molecule has 1 heterocycles. The lowest BCUT2D eigenvalue weighted by atomic mass is 10.0. The molecule has 0 radical (unpaired) electrons. The lowest BCUT2D eigenvalue weighted by molar-refractivity contribution is -0.125. The van der Waals surface area contributed by atoms with Crippen LogP contribution in [0, 0.1) is 0 Å². The Bertz CT molecular complexity index is 1110. The van der Waals surface area contributed by atoms with Crippen LogP contribution < -0.4 is 20.3 Å². The maximum atomic E-state index is 13.1. The predicted octanol–water partition coefficient (Wildman–Crippen LogP) is 4.34. The smallest absolute Gasteiger partial charge is 0.240 e. The summed E-state index contributed by atoms with van der Waals surface area (Å²) >= 11 is 1.31. The number of hydrogen-bond donors (Lipinski definition) is 2. The van der Waals surface area contributed by atoms with Crippen LogP contribution in [-0.4, -0.2) is 36.4 Å². The summed E-state index contributed by atoms with van der Waals surface area (Å²) in [6.07, 6.45) is 1.56. The molecule has 0 unspecified atom stereocenters. The number of methoxy groups -OCH3 is 1. The van der Waals surface area contributed by atoms with E-state index >= 15 is 0 Å². The number of carbonyl (C=O) groups is 3. The summed E-state index contributed by atoms with van der Waals surface area (Å²) in [5.74, 6) is 0.175. The van der Waals surface area contributed by atoms with Crippen LogP contribution in [0.2, 0.25) is 0 Å². The lowest BCUT2D eigenvalue weighted by Gasteiger charge is -2.23. The van der Waals surface area contributed by atoms with Crippen LogP contribution in [-0.2, 0) is 20.9 Å². The molecular weight excluding hydrogens is 464 g/mol. The molecule has 184 valence electrons. The van der Waals surface area contributed by atoms with E-state index in [2.05, 4.69) is 29.5 Å². The van der Waals surface area contributed by atoms with Gasteiger partial charge in [0, 0.05) is 36.7 Å². The zero-order valence-corrected chi connectivity index (χ0v) is 20.9. The van der Waals surface area contributed by atoms with Crippen molar-refractivity contribution in [1.29, 1.82) is 0 Å². The maximum Gasteiger partial charge on any atom is 0.240 e. The van der Waals surface area contributed by atoms with Gasteiger partial charge in [-0.1, -0.05) is 38.1 Å². The number of carbonyl (C=O) groups excluding carboxylic acids is 3. The molecule has 2 aromatic carbocycles. The van der Waals surface area contributed by atoms with Gasteiger partial charge in [0.2, 0.25) is 17.7 Å². The zero-order valence-electron chi connectivity index (χ0n) is 20.1. The van der Waals surface area contributed by atoms with Gasteiger partial charge in [0.05, 0.1) is 7.11 Å². The van der Waals surface area contributed by atoms with Gasteiger partial charge in [-0.3, -0.25) is 14.4 Å². The molecule has 0 spiro atoms. The quantitative estimate of drug-likeness (QED) is 0.413. The fourth-order valence-electron chi connectivity index (χ4n) is 3.33. The summed E-state index contributed by atoms with van der Waals surface area (Å²) in [6.45, 7) is 4.36. The Kier molecular flexibility index (Phi) is 9.37. The fourth-order valence-corrected chi connectivity index (χ4v) is 3.87. The van der Waals surface area contributed by atoms with Crippen molar-refractivity contribution in [1.82, 2.24) is 10.3 Å². The van der Waals surface area contributed by atoms with Gasteiger partial charge in [0.25, 0.3) is 0 Å². The summed E-state index contributed by atoms with van der Waals surface area (Å²) in [6, 6.07) is 14.9. The van der Waals surface area contributed by atoms with Crippen LogP contribution in [0.1, 0.15) is 43.7 Å². The van der Waals surface area contributed by atoms with Crippen molar-refractivity contribution in [3.05, 3.63) is 71.2 Å². The van der Waals surface area contributed by atoms with Crippen molar-refractivity contribution in [2.75, 3.05) is 23.9 Å². The van der Waals surface area contributed by atoms with Crippen LogP contribution in [0.25, 0.3) is 0 Å². The largest absolute Gasteiger partial charge is 0.497 e. The molecule has 0 fully saturated rings. The van der Waals surface area contributed by atoms with E-state index < -0.39 is 0 Å². The molecular formula is C26H30N4O4S. The summed E-state index contributed by atoms with van der Waals surface area (Å²) in [5, 5.41) is 7.77. The van der Waals surface area contributed by atoms with Gasteiger partial charge < -0.3 is 20.3 Å². The molecule has 8 nitrogen and oxygen atoms in total. The highest BCUT2D eigenvalue weighted by Gasteiger charge is 2.20. The minimum absolute atomic E-state index is 0.00748. The highest BCUT2D eigenvalue weighted by atomic mass is 32.1. The molecule has 0 aliphatic carbocycles. The molecule has 0 atom stereocenters. The van der Waals surface area contributed by atoms with Crippen LogP contribution in [0.3, 0.4) is 0 Å². The van der Waals surface area contributed by atoms with Crippen molar-refractivity contribution >= 4 is 39.9 Å². The van der Waals surface area contributed by atoms with Crippen molar-refractivity contribution in [2.24, 2.45) is 0 Å². The van der Waals surface area contributed by atoms with Gasteiger partial charge in [-0.25, -0.2) is 4.98 Å². The summed E-state index contributed by atoms with van der Waals surface area (Å²) in [5.41, 5.74) is 2.66. The van der Waals surface area contributed by atoms with Gasteiger partial charge in [0.1, 0.15) is 12.3 Å². The normalized spacial score (nSPS) is 10.6. The van der Waals surface area contributed by atoms with Crippen LogP contribution in [0.15, 0.2) is 60.1 Å². The zero-order chi connectivity index (χ0) is 25.2. The maximum absolute atomic E-state index is 13.1. The van der Waals surface area contributed by atoms with E-state index in [1.54, 1.807) is 18.7 Å². The molecule has 0 saturated carbocycles. The van der Waals surface area contributed by atoms with Crippen molar-refractivity contribution in [3.63, 3.8) is 0 Å². The first kappa shape index (κ1) is 25.9. The third kappa shape index (κ3) is 7.92. The Hall–Kier alpha value is -3.72. The van der Waals surface area contributed by atoms with E-state index in [-0.39, 0.29) is 37.1 Å². The van der Waals surface area contributed by atoms with Gasteiger partial charge in [0.15, 0.2) is 5.13 Å². The Labute approximate surface area is 209 Å². The van der Waals surface area contributed by atoms with Crippen molar-refractivity contribution in [2.45, 2.75) is 39.2 Å². The topological polar surface area (TPSA) is 101 Å². The van der Waals surface area contributed by atoms with E-state index in [9.17, 15) is 14.4 Å². The first-order valence-electron chi connectivity index (χ1n) is 11.3. The number of aromatic nitrogens is 1. The Morgan fingerprint density at radius 1 is 1.00 bits per heavy atom. The fraction of sp³-hybridized carbons (Fsp3) is 0.308. The molecule has 0 aliphatic heterocycles. The highest BCUT2D eigenvalue weighted by Crippen LogP contribution is 2.21. The molecule has 3 rings (SSSR count). The summed E-state index contributed by atoms with van der Waals surface area (Å²) in [7, 11) is 1.60. The number of nitrogens with zero attached hydrogens (tertiary/aromatic N) is 2. The van der Waals surface area contributed by atoms with E-state index in [1.165, 1.54) is 16.2 Å².